The monoisotopic (exact) mass is 270 g/mol. The molecule has 2 aromatic rings. The van der Waals surface area contributed by atoms with Crippen LogP contribution in [-0.2, 0) is 13.0 Å². The van der Waals surface area contributed by atoms with Crippen molar-refractivity contribution >= 4 is 11.4 Å². The van der Waals surface area contributed by atoms with Crippen molar-refractivity contribution in [2.24, 2.45) is 0 Å². The van der Waals surface area contributed by atoms with Gasteiger partial charge in [0.2, 0.25) is 0 Å². The normalized spacial score (nSPS) is 12.9. The maximum Gasteiger partial charge on any atom is 0.123 e. The van der Waals surface area contributed by atoms with Gasteiger partial charge in [-0.05, 0) is 54.8 Å². The molecule has 0 saturated carbocycles. The van der Waals surface area contributed by atoms with Crippen molar-refractivity contribution in [2.45, 2.75) is 19.9 Å². The summed E-state index contributed by atoms with van der Waals surface area (Å²) in [6, 6.07) is 13.3. The van der Waals surface area contributed by atoms with Crippen molar-refractivity contribution in [3.05, 3.63) is 59.4 Å². The fourth-order valence-corrected chi connectivity index (χ4v) is 2.69. The van der Waals surface area contributed by atoms with E-state index in [4.69, 9.17) is 0 Å². The summed E-state index contributed by atoms with van der Waals surface area (Å²) < 4.78 is 13.0. The van der Waals surface area contributed by atoms with E-state index in [0.717, 1.165) is 31.7 Å². The average Bonchev–Trinajstić information content (AvgIpc) is 2.93. The van der Waals surface area contributed by atoms with E-state index < -0.39 is 0 Å². The van der Waals surface area contributed by atoms with Crippen LogP contribution in [0.25, 0.3) is 0 Å². The smallest absolute Gasteiger partial charge is 0.123 e. The van der Waals surface area contributed by atoms with Crippen molar-refractivity contribution in [3.8, 4) is 0 Å². The van der Waals surface area contributed by atoms with Crippen LogP contribution in [0.15, 0.2) is 42.5 Å². The van der Waals surface area contributed by atoms with Crippen LogP contribution >= 0.6 is 0 Å². The molecule has 0 saturated heterocycles. The van der Waals surface area contributed by atoms with Gasteiger partial charge in [0.1, 0.15) is 5.82 Å². The summed E-state index contributed by atoms with van der Waals surface area (Å²) in [4.78, 5) is 2.25. The van der Waals surface area contributed by atoms with Crippen molar-refractivity contribution < 1.29 is 4.39 Å². The molecule has 2 aromatic carbocycles. The minimum Gasteiger partial charge on any atom is -0.384 e. The molecule has 1 aliphatic rings. The molecule has 0 aromatic heterocycles. The zero-order chi connectivity index (χ0) is 13.9. The van der Waals surface area contributed by atoms with E-state index in [0.29, 0.717) is 0 Å². The van der Waals surface area contributed by atoms with Gasteiger partial charge in [-0.25, -0.2) is 4.39 Å². The van der Waals surface area contributed by atoms with Gasteiger partial charge >= 0.3 is 0 Å². The summed E-state index contributed by atoms with van der Waals surface area (Å²) in [6.45, 7) is 4.90. The predicted molar refractivity (Wildman–Crippen MR) is 81.8 cm³/mol. The first-order valence-electron chi connectivity index (χ1n) is 7.12. The molecule has 104 valence electrons. The molecule has 0 atom stereocenters. The van der Waals surface area contributed by atoms with Crippen molar-refractivity contribution in [2.75, 3.05) is 23.3 Å². The third-order valence-corrected chi connectivity index (χ3v) is 3.83. The van der Waals surface area contributed by atoms with Crippen molar-refractivity contribution in [3.63, 3.8) is 0 Å². The molecule has 2 nitrogen and oxygen atoms in total. The van der Waals surface area contributed by atoms with Crippen molar-refractivity contribution in [1.82, 2.24) is 0 Å². The van der Waals surface area contributed by atoms with E-state index in [9.17, 15) is 4.39 Å². The van der Waals surface area contributed by atoms with E-state index >= 15 is 0 Å². The average molecular weight is 270 g/mol. The maximum absolute atomic E-state index is 13.0. The number of fused-ring (bicyclic) bond motifs is 1. The molecule has 0 amide bonds. The molecule has 3 rings (SSSR count). The van der Waals surface area contributed by atoms with Crippen LogP contribution in [0.2, 0.25) is 0 Å². The maximum atomic E-state index is 13.0. The summed E-state index contributed by atoms with van der Waals surface area (Å²) in [5.74, 6) is -0.188. The Morgan fingerprint density at radius 2 is 1.95 bits per heavy atom. The van der Waals surface area contributed by atoms with Crippen LogP contribution in [0, 0.1) is 5.82 Å². The Hall–Kier alpha value is -2.03. The lowest BCUT2D eigenvalue weighted by atomic mass is 10.1. The lowest BCUT2D eigenvalue weighted by molar-refractivity contribution is 0.627. The summed E-state index contributed by atoms with van der Waals surface area (Å²) in [6.07, 6.45) is 1.12. The van der Waals surface area contributed by atoms with Gasteiger partial charge in [0.05, 0.1) is 0 Å². The standard InChI is InChI=1S/C17H19FN2/c1-2-20(16-7-5-15(18)6-8-16)12-13-3-4-14-9-10-19-17(14)11-13/h3-8,11,19H,2,9-10,12H2,1H3. The first-order valence-corrected chi connectivity index (χ1v) is 7.12. The number of anilines is 2. The minimum absolute atomic E-state index is 0.188. The van der Waals surface area contributed by atoms with Crippen LogP contribution < -0.4 is 10.2 Å². The predicted octanol–water partition coefficient (Wildman–Crippen LogP) is 3.82. The fraction of sp³-hybridized carbons (Fsp3) is 0.294. The molecule has 3 heteroatoms. The van der Waals surface area contributed by atoms with E-state index in [2.05, 4.69) is 35.3 Å². The third kappa shape index (κ3) is 2.62. The molecular weight excluding hydrogens is 251 g/mol. The van der Waals surface area contributed by atoms with Crippen LogP contribution in [0.3, 0.4) is 0 Å². The third-order valence-electron chi connectivity index (χ3n) is 3.83. The number of benzene rings is 2. The van der Waals surface area contributed by atoms with Gasteiger partial charge in [0, 0.05) is 31.0 Å². The van der Waals surface area contributed by atoms with E-state index in [1.807, 2.05) is 12.1 Å². The Morgan fingerprint density at radius 3 is 2.70 bits per heavy atom. The minimum atomic E-state index is -0.188. The summed E-state index contributed by atoms with van der Waals surface area (Å²) in [5, 5.41) is 3.41. The van der Waals surface area contributed by atoms with Gasteiger partial charge in [0.25, 0.3) is 0 Å². The van der Waals surface area contributed by atoms with Gasteiger partial charge in [-0.3, -0.25) is 0 Å². The molecule has 20 heavy (non-hydrogen) atoms. The number of hydrogen-bond donors (Lipinski definition) is 1. The summed E-state index contributed by atoms with van der Waals surface area (Å²) >= 11 is 0. The Kier molecular flexibility index (Phi) is 3.59. The second-order valence-corrected chi connectivity index (χ2v) is 5.16. The number of rotatable bonds is 4. The van der Waals surface area contributed by atoms with Crippen LogP contribution in [0.1, 0.15) is 18.1 Å². The fourth-order valence-electron chi connectivity index (χ4n) is 2.69. The molecule has 0 aliphatic carbocycles. The highest BCUT2D eigenvalue weighted by Gasteiger charge is 2.11. The molecule has 0 radical (unpaired) electrons. The molecule has 0 spiro atoms. The lowest BCUT2D eigenvalue weighted by Crippen LogP contribution is -2.21. The molecule has 0 fully saturated rings. The Labute approximate surface area is 119 Å². The highest BCUT2D eigenvalue weighted by molar-refractivity contribution is 5.57. The SMILES string of the molecule is CCN(Cc1ccc2c(c1)NCC2)c1ccc(F)cc1. The Balaban J connectivity index is 1.79. The number of halogens is 1. The zero-order valence-electron chi connectivity index (χ0n) is 11.7. The molecule has 1 aliphatic heterocycles. The molecule has 0 unspecified atom stereocenters. The molecule has 1 N–H and O–H groups in total. The first-order chi connectivity index (χ1) is 9.76. The molecule has 0 bridgehead atoms. The number of nitrogens with zero attached hydrogens (tertiary/aromatic N) is 1. The van der Waals surface area contributed by atoms with Crippen LogP contribution in [0.5, 0.6) is 0 Å². The Bertz CT molecular complexity index is 592. The van der Waals surface area contributed by atoms with Gasteiger partial charge in [-0.15, -0.1) is 0 Å². The van der Waals surface area contributed by atoms with E-state index in [1.54, 1.807) is 0 Å². The highest BCUT2D eigenvalue weighted by atomic mass is 19.1. The second-order valence-electron chi connectivity index (χ2n) is 5.16. The number of hydrogen-bond acceptors (Lipinski definition) is 2. The largest absolute Gasteiger partial charge is 0.384 e. The zero-order valence-corrected chi connectivity index (χ0v) is 11.7. The second kappa shape index (κ2) is 5.53. The Morgan fingerprint density at radius 1 is 1.15 bits per heavy atom. The quantitative estimate of drug-likeness (QED) is 0.908. The summed E-state index contributed by atoms with van der Waals surface area (Å²) in [7, 11) is 0. The first kappa shape index (κ1) is 13.0. The highest BCUT2D eigenvalue weighted by Crippen LogP contribution is 2.25. The van der Waals surface area contributed by atoms with Crippen molar-refractivity contribution in [1.29, 1.82) is 0 Å². The van der Waals surface area contributed by atoms with Gasteiger partial charge in [-0.2, -0.15) is 0 Å². The van der Waals surface area contributed by atoms with E-state index in [1.165, 1.54) is 28.9 Å². The molecular formula is C17H19FN2. The van der Waals surface area contributed by atoms with Crippen LogP contribution in [0.4, 0.5) is 15.8 Å². The van der Waals surface area contributed by atoms with Gasteiger partial charge in [0.15, 0.2) is 0 Å². The van der Waals surface area contributed by atoms with Crippen LogP contribution in [-0.4, -0.2) is 13.1 Å². The van der Waals surface area contributed by atoms with Gasteiger partial charge < -0.3 is 10.2 Å². The summed E-state index contributed by atoms with van der Waals surface area (Å²) in [5.41, 5.74) is 5.00. The topological polar surface area (TPSA) is 15.3 Å². The van der Waals surface area contributed by atoms with Gasteiger partial charge in [-0.1, -0.05) is 12.1 Å². The molecule has 1 heterocycles. The van der Waals surface area contributed by atoms with E-state index in [-0.39, 0.29) is 5.82 Å². The number of nitrogens with one attached hydrogen (secondary N) is 1. The lowest BCUT2D eigenvalue weighted by Gasteiger charge is -2.23.